The van der Waals surface area contributed by atoms with Crippen LogP contribution in [0.5, 0.6) is 0 Å². The summed E-state index contributed by atoms with van der Waals surface area (Å²) in [6, 6.07) is 99.4. The number of halogens is 2. The van der Waals surface area contributed by atoms with Crippen LogP contribution in [0.3, 0.4) is 0 Å². The van der Waals surface area contributed by atoms with Crippen molar-refractivity contribution in [2.45, 2.75) is 149 Å². The number of nitrogens with one attached hydrogen (secondary N) is 1. The number of ketones is 1. The molecule has 134 heavy (non-hydrogen) atoms. The second-order valence-electron chi connectivity index (χ2n) is 32.1. The first-order valence-electron chi connectivity index (χ1n) is 45.1. The van der Waals surface area contributed by atoms with Crippen LogP contribution < -0.4 is 11.1 Å². The van der Waals surface area contributed by atoms with Crippen LogP contribution in [0.1, 0.15) is 210 Å². The van der Waals surface area contributed by atoms with Gasteiger partial charge in [0.25, 0.3) is 0 Å². The molecule has 13 aromatic rings. The van der Waals surface area contributed by atoms with E-state index >= 15 is 19.2 Å². The van der Waals surface area contributed by atoms with Crippen LogP contribution in [0.4, 0.5) is 5.69 Å². The van der Waals surface area contributed by atoms with Gasteiger partial charge in [-0.1, -0.05) is 337 Å². The van der Waals surface area contributed by atoms with Crippen molar-refractivity contribution in [3.05, 3.63) is 402 Å². The average Bonchev–Trinajstić information content (AvgIpc) is 0.766. The third-order valence-electron chi connectivity index (χ3n) is 23.3. The number of hydrogen-bond acceptors (Lipinski definition) is 14. The molecule has 0 fully saturated rings. The van der Waals surface area contributed by atoms with E-state index in [9.17, 15) is 34.5 Å². The number of aliphatic hydroxyl groups is 3. The average molecular weight is 1940 g/mol. The van der Waals surface area contributed by atoms with Crippen LogP contribution in [0.25, 0.3) is 21.8 Å². The molecule has 24 heteroatoms. The van der Waals surface area contributed by atoms with E-state index in [-0.39, 0.29) is 52.5 Å². The van der Waals surface area contributed by atoms with E-state index in [4.69, 9.17) is 24.8 Å². The van der Waals surface area contributed by atoms with E-state index < -0.39 is 111 Å². The first-order chi connectivity index (χ1) is 64.8. The fraction of sp³-hybridized carbons (Fsp3) is 0.273. The number of aliphatic hydroxyl groups excluding tert-OH is 3. The summed E-state index contributed by atoms with van der Waals surface area (Å²) in [7, 11) is 9.63. The van der Waals surface area contributed by atoms with Gasteiger partial charge < -0.3 is 55.8 Å². The second-order valence-corrected chi connectivity index (χ2v) is 34.4. The number of amides is 7. The molecule has 0 saturated heterocycles. The van der Waals surface area contributed by atoms with E-state index in [1.165, 1.54) is 29.4 Å². The van der Waals surface area contributed by atoms with Crippen LogP contribution in [-0.2, 0) is 49.5 Å². The van der Waals surface area contributed by atoms with E-state index in [2.05, 4.69) is 15.3 Å². The molecule has 7 amide bonds. The Morgan fingerprint density at radius 2 is 0.552 bits per heavy atom. The predicted molar refractivity (Wildman–Crippen MR) is 532 cm³/mol. The van der Waals surface area contributed by atoms with Crippen LogP contribution in [-0.4, -0.2) is 148 Å². The Labute approximate surface area is 805 Å². The summed E-state index contributed by atoms with van der Waals surface area (Å²) in [4.78, 5) is 134. The van der Waals surface area contributed by atoms with E-state index in [1.807, 2.05) is 382 Å². The van der Waals surface area contributed by atoms with Crippen molar-refractivity contribution in [3.63, 3.8) is 0 Å². The predicted octanol–water partition coefficient (Wildman–Crippen LogP) is 21.3. The minimum atomic E-state index is -0.749. The zero-order valence-corrected chi connectivity index (χ0v) is 80.8. The molecule has 6 N–H and O–H groups in total. The van der Waals surface area contributed by atoms with Crippen LogP contribution in [0, 0.1) is 0 Å². The van der Waals surface area contributed by atoms with Crippen LogP contribution in [0.2, 0.25) is 0 Å². The van der Waals surface area contributed by atoms with Gasteiger partial charge in [-0.3, -0.25) is 48.3 Å². The van der Waals surface area contributed by atoms with Gasteiger partial charge in [-0.2, -0.15) is 0 Å². The van der Waals surface area contributed by atoms with Gasteiger partial charge in [-0.25, -0.2) is 0 Å². The van der Waals surface area contributed by atoms with Crippen molar-refractivity contribution in [3.8, 4) is 0 Å². The first kappa shape index (κ1) is 106. The Morgan fingerprint density at radius 1 is 0.321 bits per heavy atom. The Hall–Kier alpha value is -12.9. The van der Waals surface area contributed by atoms with E-state index in [1.54, 1.807) is 33.2 Å². The number of primary amides is 1. The van der Waals surface area contributed by atoms with E-state index in [0.717, 1.165) is 80.1 Å². The summed E-state index contributed by atoms with van der Waals surface area (Å²) in [5, 5.41) is 32.9. The van der Waals surface area contributed by atoms with Gasteiger partial charge in [0.1, 0.15) is 32.7 Å². The fourth-order valence-corrected chi connectivity index (χ4v) is 15.2. The van der Waals surface area contributed by atoms with Gasteiger partial charge in [0.2, 0.25) is 41.4 Å². The number of pyridine rings is 2. The molecule has 11 aromatic carbocycles. The number of rotatable bonds is 35. The molecule has 0 unspecified atom stereocenters. The van der Waals surface area contributed by atoms with Crippen molar-refractivity contribution in [2.24, 2.45) is 5.73 Å². The molecule has 13 rings (SSSR count). The third-order valence-corrected chi connectivity index (χ3v) is 23.3. The molecule has 0 aliphatic carbocycles. The Morgan fingerprint density at radius 3 is 0.806 bits per heavy atom. The molecule has 0 bridgehead atoms. The summed E-state index contributed by atoms with van der Waals surface area (Å²) >= 11 is -0.106. The fourth-order valence-electron chi connectivity index (χ4n) is 15.2. The van der Waals surface area contributed by atoms with Gasteiger partial charge in [0, 0.05) is 40.8 Å². The quantitative estimate of drug-likeness (QED) is 0.0140. The second kappa shape index (κ2) is 56.9. The SMILES string of the molecule is CCC(=O)c1ccccc1.CC[C@@H](O)c1ccccc1.CC[C@@H](O)c1ccccc1.CC[C@H](O)c1ccccc1.C[C@@H](c1ccccc1)N(CC(N)=O)C(=O)CN(C(=O)CN(C(=O)CN(C(=O)CN(C(=O)CN(C(=O)CNc1cc2cccnc2c2ncccc12)[C@@H](C)c1ccccc1)[C@@H](C)c1ccccc1)[C@@H](C)c1ccccc1)[C@@H](C)c1ccccc1)[C@@H](C)c1ccccc1.[Cl][Pd][Cl]. The van der Waals surface area contributed by atoms with Crippen LogP contribution >= 0.6 is 19.1 Å². The van der Waals surface area contributed by atoms with Crippen LogP contribution in [0.15, 0.2) is 346 Å². The van der Waals surface area contributed by atoms with Gasteiger partial charge in [0.05, 0.1) is 78.7 Å². The summed E-state index contributed by atoms with van der Waals surface area (Å²) in [6.07, 6.45) is 5.47. The zero-order chi connectivity index (χ0) is 96.9. The summed E-state index contributed by atoms with van der Waals surface area (Å²) in [5.74, 6) is -3.71. The number of fused-ring (bicyclic) bond motifs is 3. The topological polar surface area (TPSA) is 281 Å². The third kappa shape index (κ3) is 32.5. The van der Waals surface area contributed by atoms with Crippen molar-refractivity contribution in [1.82, 2.24) is 39.4 Å². The molecule has 9 atom stereocenters. The molecule has 2 aromatic heterocycles. The van der Waals surface area contributed by atoms with Gasteiger partial charge in [-0.05, 0) is 135 Å². The number of benzene rings is 11. The van der Waals surface area contributed by atoms with Crippen molar-refractivity contribution >= 4 is 93.7 Å². The normalized spacial score (nSPS) is 12.7. The Balaban J connectivity index is 0.000000414. The van der Waals surface area contributed by atoms with Crippen molar-refractivity contribution in [1.29, 1.82) is 0 Å². The first-order valence-corrected chi connectivity index (χ1v) is 49.1. The Kier molecular flexibility index (Phi) is 45.2. The summed E-state index contributed by atoms with van der Waals surface area (Å²) in [6.45, 7) is 15.6. The number of Topliss-reactive ketones (excluding diaryl/α,β-unsaturated/α-hetero) is 1. The standard InChI is InChI=1S/C74H78N10O7.3C9H12O.C9H10O.2ClH.Pd/c1-51(57-27-13-7-14-28-57)79(45-66(75)85)68(87)47-81(53(3)59-31-17-9-18-32-59)70(89)49-83(55(5)61-35-21-11-22-36-61)72(91)50-84(56(6)62-37-23-12-24-38-62)71(90)48-82(54(4)60-33-19-10-20-34-60)69(88)46-80(52(2)58-29-15-8-16-30-58)67(86)44-78-65-43-63-39-25-41-76-73(63)74-64(65)40-26-42-77-74;4*1-2-9(10)8-6-4-3-5-7-8;;;/h7-43,51-56,78H,44-50H2,1-6H3,(H2,75,85);3*3-7,9-10H,2H2,1H3;3-7H,2H2,1H3;2*1H;/q;;;;;;;+2/p-2/t51-,52-,53-,54-,55-,56-;3*9-;;;;/m0110..../s1. The number of carbonyl (C=O) groups excluding carboxylic acids is 8. The summed E-state index contributed by atoms with van der Waals surface area (Å²) in [5.41, 5.74) is 16.0. The molecule has 704 valence electrons. The number of hydrogen-bond donors (Lipinski definition) is 5. The molecule has 2 heterocycles. The monoisotopic (exact) mass is 1940 g/mol. The molecule has 0 aliphatic heterocycles. The maximum absolute atomic E-state index is 15.7. The van der Waals surface area contributed by atoms with Gasteiger partial charge >= 0.3 is 35.0 Å². The van der Waals surface area contributed by atoms with Crippen molar-refractivity contribution < 1.29 is 69.6 Å². The number of anilines is 1. The molecule has 0 saturated carbocycles. The number of nitrogens with zero attached hydrogens (tertiary/aromatic N) is 8. The molecule has 21 nitrogen and oxygen atoms in total. The number of carbonyl (C=O) groups is 8. The minimum absolute atomic E-state index is 0.106. The van der Waals surface area contributed by atoms with Gasteiger partial charge in [0.15, 0.2) is 5.78 Å². The molecular weight excluding hydrogens is 1810 g/mol. The number of aromatic nitrogens is 2. The van der Waals surface area contributed by atoms with Gasteiger partial charge in [-0.15, -0.1) is 0 Å². The molecule has 0 aliphatic rings. The van der Waals surface area contributed by atoms with Crippen molar-refractivity contribution in [2.75, 3.05) is 51.1 Å². The number of nitrogens with two attached hydrogens (primary N) is 1. The van der Waals surface area contributed by atoms with E-state index in [0.29, 0.717) is 28.8 Å². The molecule has 0 radical (unpaired) electrons. The maximum atomic E-state index is 15.7. The molecule has 0 spiro atoms. The Bertz CT molecular complexity index is 5610. The zero-order valence-electron chi connectivity index (χ0n) is 77.7. The summed E-state index contributed by atoms with van der Waals surface area (Å²) < 4.78 is 0. The molecular formula is C110H124Cl2N10O11Pd.